The molecule has 3 heterocycles. The van der Waals surface area contributed by atoms with Crippen molar-refractivity contribution in [3.05, 3.63) is 94.8 Å². The van der Waals surface area contributed by atoms with Crippen LogP contribution < -0.4 is 10.0 Å². The third-order valence-electron chi connectivity index (χ3n) is 7.81. The first-order valence-electron chi connectivity index (χ1n) is 13.3. The average Bonchev–Trinajstić information content (AvgIpc) is 3.36. The van der Waals surface area contributed by atoms with Gasteiger partial charge in [0.15, 0.2) is 6.20 Å². The summed E-state index contributed by atoms with van der Waals surface area (Å²) in [7, 11) is 1.33. The Kier molecular flexibility index (Phi) is 7.00. The van der Waals surface area contributed by atoms with E-state index in [2.05, 4.69) is 32.5 Å². The molecule has 10 nitrogen and oxygen atoms in total. The van der Waals surface area contributed by atoms with E-state index >= 15 is 0 Å². The fourth-order valence-corrected chi connectivity index (χ4v) is 5.38. The molecular weight excluding hydrogens is 542 g/mol. The molecule has 1 atom stereocenters. The molecule has 1 saturated carbocycles. The van der Waals surface area contributed by atoms with Gasteiger partial charge in [0.1, 0.15) is 6.33 Å². The maximum absolute atomic E-state index is 13.6. The first-order valence-corrected chi connectivity index (χ1v) is 13.7. The normalized spacial score (nSPS) is 16.1. The number of aromatic nitrogens is 5. The molecule has 0 radical (unpaired) electrons. The number of hydrogen-bond donors (Lipinski definition) is 1. The fraction of sp³-hybridized carbons (Fsp3) is 0.267. The Morgan fingerprint density at radius 3 is 2.63 bits per heavy atom. The second kappa shape index (κ2) is 10.8. The molecule has 1 N–H and O–H groups in total. The molecule has 0 spiro atoms. The number of pyridine rings is 1. The van der Waals surface area contributed by atoms with Gasteiger partial charge < -0.3 is 9.94 Å². The van der Waals surface area contributed by atoms with Gasteiger partial charge in [0.2, 0.25) is 5.69 Å². The lowest BCUT2D eigenvalue weighted by Crippen LogP contribution is -2.36. The van der Waals surface area contributed by atoms with Gasteiger partial charge in [-0.15, -0.1) is 5.10 Å². The standard InChI is InChI=1S/C30H28ClN7O3/c1-30(11-12-30)15-25(26-13-21(16-32-26)19-3-7-23(8-4-19)34-29(39)41-2)28-9-5-20(17-38(28)40)24-14-22(31)6-10-27(24)37-18-33-35-36-37/h3-10,14,16-18,25H,11-13,15H2,1-2H3,(H,34,39). The number of rotatable bonds is 8. The van der Waals surface area contributed by atoms with Crippen LogP contribution in [0.5, 0.6) is 0 Å². The number of allylic oxidation sites excluding steroid dienone is 1. The zero-order valence-electron chi connectivity index (χ0n) is 22.6. The highest BCUT2D eigenvalue weighted by atomic mass is 35.5. The van der Waals surface area contributed by atoms with E-state index < -0.39 is 6.09 Å². The van der Waals surface area contributed by atoms with Crippen molar-refractivity contribution < 1.29 is 14.3 Å². The highest BCUT2D eigenvalue weighted by Gasteiger charge is 2.43. The molecule has 1 fully saturated rings. The summed E-state index contributed by atoms with van der Waals surface area (Å²) < 4.78 is 7.17. The summed E-state index contributed by atoms with van der Waals surface area (Å²) in [5, 5.41) is 28.3. The number of nitrogens with zero attached hydrogens (tertiary/aromatic N) is 6. The van der Waals surface area contributed by atoms with Crippen LogP contribution in [-0.4, -0.2) is 39.1 Å². The van der Waals surface area contributed by atoms with Gasteiger partial charge in [-0.1, -0.05) is 30.7 Å². The number of benzene rings is 2. The number of aliphatic imine (C=N–C) groups is 1. The van der Waals surface area contributed by atoms with Crippen molar-refractivity contribution in [3.63, 3.8) is 0 Å². The van der Waals surface area contributed by atoms with Crippen molar-refractivity contribution in [1.82, 2.24) is 20.2 Å². The van der Waals surface area contributed by atoms with Gasteiger partial charge in [0.25, 0.3) is 0 Å². The Morgan fingerprint density at radius 1 is 1.17 bits per heavy atom. The molecule has 208 valence electrons. The molecule has 2 aromatic carbocycles. The lowest BCUT2D eigenvalue weighted by atomic mass is 9.84. The van der Waals surface area contributed by atoms with Gasteiger partial charge in [0.05, 0.1) is 18.7 Å². The Morgan fingerprint density at radius 2 is 1.95 bits per heavy atom. The number of nitrogens with one attached hydrogen (secondary N) is 1. The first-order chi connectivity index (χ1) is 19.8. The van der Waals surface area contributed by atoms with Crippen LogP contribution in [0.4, 0.5) is 10.5 Å². The lowest BCUT2D eigenvalue weighted by Gasteiger charge is -2.21. The fourth-order valence-electron chi connectivity index (χ4n) is 5.21. The van der Waals surface area contributed by atoms with Gasteiger partial charge in [-0.25, -0.2) is 4.79 Å². The van der Waals surface area contributed by atoms with Crippen molar-refractivity contribution in [2.24, 2.45) is 10.4 Å². The minimum atomic E-state index is -0.515. The Labute approximate surface area is 241 Å². The van der Waals surface area contributed by atoms with Gasteiger partial charge in [-0.3, -0.25) is 10.3 Å². The number of anilines is 1. The van der Waals surface area contributed by atoms with Crippen LogP contribution in [0, 0.1) is 10.6 Å². The van der Waals surface area contributed by atoms with E-state index in [0.717, 1.165) is 52.1 Å². The Balaban J connectivity index is 1.27. The monoisotopic (exact) mass is 569 g/mol. The number of methoxy groups -OCH3 is 1. The molecule has 41 heavy (non-hydrogen) atoms. The summed E-state index contributed by atoms with van der Waals surface area (Å²) in [6, 6.07) is 16.8. The average molecular weight is 570 g/mol. The van der Waals surface area contributed by atoms with E-state index in [1.807, 2.05) is 48.7 Å². The van der Waals surface area contributed by atoms with Crippen LogP contribution in [0.25, 0.3) is 22.4 Å². The van der Waals surface area contributed by atoms with E-state index in [-0.39, 0.29) is 11.3 Å². The van der Waals surface area contributed by atoms with Crippen molar-refractivity contribution in [3.8, 4) is 16.8 Å². The number of hydrogen-bond acceptors (Lipinski definition) is 7. The summed E-state index contributed by atoms with van der Waals surface area (Å²) in [5.74, 6) is -0.124. The molecule has 0 saturated heterocycles. The Hall–Kier alpha value is -4.57. The molecule has 4 aromatic rings. The van der Waals surface area contributed by atoms with E-state index in [0.29, 0.717) is 28.4 Å². The van der Waals surface area contributed by atoms with Crippen molar-refractivity contribution in [1.29, 1.82) is 0 Å². The number of tetrazole rings is 1. The molecule has 6 rings (SSSR count). The highest BCUT2D eigenvalue weighted by molar-refractivity contribution is 6.31. The number of amides is 1. The van der Waals surface area contributed by atoms with E-state index in [1.54, 1.807) is 23.0 Å². The van der Waals surface area contributed by atoms with Gasteiger partial charge in [-0.2, -0.15) is 9.41 Å². The molecule has 2 aliphatic rings. The van der Waals surface area contributed by atoms with Crippen LogP contribution in [0.3, 0.4) is 0 Å². The third-order valence-corrected chi connectivity index (χ3v) is 8.05. The van der Waals surface area contributed by atoms with Crippen molar-refractivity contribution in [2.45, 2.75) is 38.5 Å². The summed E-state index contributed by atoms with van der Waals surface area (Å²) in [6.07, 6.45) is 8.24. The zero-order chi connectivity index (χ0) is 28.6. The topological polar surface area (TPSA) is 121 Å². The van der Waals surface area contributed by atoms with Crippen LogP contribution >= 0.6 is 11.6 Å². The third kappa shape index (κ3) is 5.69. The Bertz CT molecular complexity index is 1660. The molecular formula is C30H28ClN7O3. The molecule has 1 aliphatic carbocycles. The molecule has 1 amide bonds. The van der Waals surface area contributed by atoms with Crippen LogP contribution in [0.15, 0.2) is 78.3 Å². The van der Waals surface area contributed by atoms with Gasteiger partial charge in [0, 0.05) is 46.2 Å². The number of carbonyl (C=O) groups excluding carboxylic acids is 1. The quantitative estimate of drug-likeness (QED) is 0.207. The zero-order valence-corrected chi connectivity index (χ0v) is 23.4. The number of carbonyl (C=O) groups is 1. The first kappa shape index (κ1) is 26.6. The van der Waals surface area contributed by atoms with Crippen molar-refractivity contribution >= 4 is 34.7 Å². The van der Waals surface area contributed by atoms with Crippen molar-refractivity contribution in [2.75, 3.05) is 12.4 Å². The summed E-state index contributed by atoms with van der Waals surface area (Å²) in [5.41, 5.74) is 6.74. The number of ether oxygens (including phenoxy) is 1. The van der Waals surface area contributed by atoms with E-state index in [9.17, 15) is 10.0 Å². The van der Waals surface area contributed by atoms with Crippen LogP contribution in [0.2, 0.25) is 5.02 Å². The second-order valence-corrected chi connectivity index (χ2v) is 11.2. The van der Waals surface area contributed by atoms with Crippen LogP contribution in [-0.2, 0) is 4.74 Å². The second-order valence-electron chi connectivity index (χ2n) is 10.8. The maximum atomic E-state index is 13.6. The highest BCUT2D eigenvalue weighted by Crippen LogP contribution is 2.52. The SMILES string of the molecule is COC(=O)Nc1ccc(C2=CN=C(C(CC3(C)CC3)c3ccc(-c4cc(Cl)ccc4-n4cnnn4)c[n+]3[O-])C2)cc1. The van der Waals surface area contributed by atoms with Crippen LogP contribution in [0.1, 0.15) is 49.8 Å². The summed E-state index contributed by atoms with van der Waals surface area (Å²) >= 11 is 6.33. The molecule has 1 aliphatic heterocycles. The van der Waals surface area contributed by atoms with E-state index in [4.69, 9.17) is 16.6 Å². The molecule has 1 unspecified atom stereocenters. The van der Waals surface area contributed by atoms with Gasteiger partial charge in [-0.05, 0) is 82.6 Å². The van der Waals surface area contributed by atoms with Gasteiger partial charge >= 0.3 is 6.09 Å². The lowest BCUT2D eigenvalue weighted by molar-refractivity contribution is -0.614. The predicted octanol–water partition coefficient (Wildman–Crippen LogP) is 5.95. The summed E-state index contributed by atoms with van der Waals surface area (Å²) in [4.78, 5) is 16.3. The molecule has 0 bridgehead atoms. The van der Waals surface area contributed by atoms with E-state index in [1.165, 1.54) is 13.4 Å². The molecule has 2 aromatic heterocycles. The summed E-state index contributed by atoms with van der Waals surface area (Å²) in [6.45, 7) is 2.27. The number of halogens is 1. The predicted molar refractivity (Wildman–Crippen MR) is 156 cm³/mol. The molecule has 11 heteroatoms. The largest absolute Gasteiger partial charge is 0.618 e. The minimum Gasteiger partial charge on any atom is -0.618 e. The smallest absolute Gasteiger partial charge is 0.411 e. The maximum Gasteiger partial charge on any atom is 0.411 e. The minimum absolute atomic E-state index is 0.124.